The Morgan fingerprint density at radius 2 is 2.11 bits per heavy atom. The minimum atomic E-state index is -1.09. The van der Waals surface area contributed by atoms with Gasteiger partial charge in [-0.25, -0.2) is 0 Å². The normalized spacial score (nSPS) is 45.2. The Balaban J connectivity index is 1.75. The molecule has 2 fully saturated rings. The maximum atomic E-state index is 10.1. The van der Waals surface area contributed by atoms with Gasteiger partial charge in [0, 0.05) is 13.1 Å². The highest BCUT2D eigenvalue weighted by Gasteiger charge is 2.50. The predicted molar refractivity (Wildman–Crippen MR) is 67.4 cm³/mol. The summed E-state index contributed by atoms with van der Waals surface area (Å²) in [5.74, 6) is 0. The minimum absolute atomic E-state index is 0.307. The van der Waals surface area contributed by atoms with Crippen LogP contribution >= 0.6 is 11.8 Å². The van der Waals surface area contributed by atoms with Crippen molar-refractivity contribution in [2.75, 3.05) is 13.1 Å². The van der Waals surface area contributed by atoms with E-state index in [0.717, 1.165) is 24.7 Å². The first kappa shape index (κ1) is 12.7. The molecule has 0 aromatic heterocycles. The number of nitrogens with zero attached hydrogens (tertiary/aromatic N) is 2. The second kappa shape index (κ2) is 4.64. The lowest BCUT2D eigenvalue weighted by Gasteiger charge is -2.39. The molecule has 0 radical (unpaired) electrons. The van der Waals surface area contributed by atoms with Gasteiger partial charge in [-0.15, -0.1) is 0 Å². The molecule has 3 heterocycles. The molecule has 1 unspecified atom stereocenters. The quantitative estimate of drug-likeness (QED) is 0.568. The predicted octanol–water partition coefficient (Wildman–Crippen LogP) is -1.01. The fourth-order valence-electron chi connectivity index (χ4n) is 2.43. The minimum Gasteiger partial charge on any atom is -0.391 e. The number of hydrogen-bond acceptors (Lipinski definition) is 7. The third kappa shape index (κ3) is 1.94. The smallest absolute Gasteiger partial charge is 0.162 e. The lowest BCUT2D eigenvalue weighted by Crippen LogP contribution is -2.57. The van der Waals surface area contributed by atoms with Crippen molar-refractivity contribution in [2.24, 2.45) is 4.99 Å². The molecule has 18 heavy (non-hydrogen) atoms. The average molecular weight is 274 g/mol. The molecule has 6 atom stereocenters. The van der Waals surface area contributed by atoms with E-state index in [1.54, 1.807) is 6.92 Å². The van der Waals surface area contributed by atoms with Crippen molar-refractivity contribution in [1.29, 1.82) is 0 Å². The molecule has 0 amide bonds. The maximum absolute atomic E-state index is 10.1. The first-order valence-corrected chi connectivity index (χ1v) is 7.15. The van der Waals surface area contributed by atoms with Gasteiger partial charge in [0.25, 0.3) is 0 Å². The summed E-state index contributed by atoms with van der Waals surface area (Å²) < 4.78 is 5.67. The summed E-state index contributed by atoms with van der Waals surface area (Å²) in [6.07, 6.45) is -2.47. The van der Waals surface area contributed by atoms with E-state index in [1.807, 2.05) is 0 Å². The van der Waals surface area contributed by atoms with Crippen molar-refractivity contribution in [2.45, 2.75) is 49.2 Å². The van der Waals surface area contributed by atoms with Crippen LogP contribution in [0, 0.1) is 0 Å². The number of hydrogen-bond donors (Lipinski definition) is 3. The van der Waals surface area contributed by atoms with Crippen LogP contribution in [0.4, 0.5) is 0 Å². The van der Waals surface area contributed by atoms with E-state index in [2.05, 4.69) is 9.89 Å². The largest absolute Gasteiger partial charge is 0.391 e. The van der Waals surface area contributed by atoms with Crippen LogP contribution < -0.4 is 0 Å². The number of aliphatic hydroxyl groups is 3. The Bertz CT molecular complexity index is 361. The molecule has 0 aromatic carbocycles. The number of aliphatic imine (C=N–C) groups is 1. The number of ether oxygens (including phenoxy) is 1. The van der Waals surface area contributed by atoms with E-state index in [4.69, 9.17) is 4.74 Å². The highest BCUT2D eigenvalue weighted by atomic mass is 32.2. The van der Waals surface area contributed by atoms with Gasteiger partial charge in [-0.2, -0.15) is 0 Å². The number of amidine groups is 1. The summed E-state index contributed by atoms with van der Waals surface area (Å²) in [6.45, 7) is 3.53. The van der Waals surface area contributed by atoms with Gasteiger partial charge < -0.3 is 25.0 Å². The molecule has 3 N–H and O–H groups in total. The van der Waals surface area contributed by atoms with Crippen molar-refractivity contribution in [3.63, 3.8) is 0 Å². The Morgan fingerprint density at radius 3 is 2.67 bits per heavy atom. The van der Waals surface area contributed by atoms with Crippen molar-refractivity contribution in [3.8, 4) is 0 Å². The maximum Gasteiger partial charge on any atom is 0.162 e. The summed E-state index contributed by atoms with van der Waals surface area (Å²) >= 11 is 1.48. The lowest BCUT2D eigenvalue weighted by molar-refractivity contribution is -0.181. The number of thioether (sulfide) groups is 1. The van der Waals surface area contributed by atoms with Crippen LogP contribution in [-0.4, -0.2) is 74.4 Å². The van der Waals surface area contributed by atoms with Crippen LogP contribution in [0.1, 0.15) is 13.3 Å². The van der Waals surface area contributed by atoms with Gasteiger partial charge in [-0.3, -0.25) is 4.99 Å². The zero-order valence-electron chi connectivity index (χ0n) is 10.1. The van der Waals surface area contributed by atoms with Gasteiger partial charge in [0.15, 0.2) is 5.17 Å². The second-order valence-electron chi connectivity index (χ2n) is 5.05. The molecule has 6 nitrogen and oxygen atoms in total. The van der Waals surface area contributed by atoms with E-state index in [0.29, 0.717) is 0 Å². The Morgan fingerprint density at radius 1 is 1.39 bits per heavy atom. The van der Waals surface area contributed by atoms with Crippen LogP contribution in [-0.2, 0) is 4.74 Å². The van der Waals surface area contributed by atoms with Crippen LogP contribution in [0.5, 0.6) is 0 Å². The summed E-state index contributed by atoms with van der Waals surface area (Å²) in [6, 6.07) is -0.435. The van der Waals surface area contributed by atoms with Crippen molar-refractivity contribution in [1.82, 2.24) is 4.90 Å². The summed E-state index contributed by atoms with van der Waals surface area (Å²) in [7, 11) is 0. The fraction of sp³-hybridized carbons (Fsp3) is 0.909. The molecule has 3 rings (SSSR count). The van der Waals surface area contributed by atoms with Crippen LogP contribution in [0.3, 0.4) is 0 Å². The van der Waals surface area contributed by atoms with Crippen LogP contribution in [0.15, 0.2) is 4.99 Å². The molecular formula is C11H18N2O4S. The molecule has 0 saturated carbocycles. The number of rotatable bonds is 1. The zero-order valence-corrected chi connectivity index (χ0v) is 11.0. The van der Waals surface area contributed by atoms with Crippen molar-refractivity contribution < 1.29 is 20.1 Å². The molecule has 0 spiro atoms. The molecular weight excluding hydrogens is 256 g/mol. The number of fused-ring (bicyclic) bond motifs is 1. The molecule has 7 heteroatoms. The van der Waals surface area contributed by atoms with Gasteiger partial charge in [0.05, 0.1) is 6.10 Å². The molecule has 102 valence electrons. The highest BCUT2D eigenvalue weighted by Crippen LogP contribution is 2.38. The molecule has 0 aliphatic carbocycles. The van der Waals surface area contributed by atoms with Gasteiger partial charge >= 0.3 is 0 Å². The van der Waals surface area contributed by atoms with Gasteiger partial charge in [-0.05, 0) is 13.3 Å². The van der Waals surface area contributed by atoms with Crippen LogP contribution in [0.25, 0.3) is 0 Å². The topological polar surface area (TPSA) is 85.5 Å². The lowest BCUT2D eigenvalue weighted by atomic mass is 9.95. The van der Waals surface area contributed by atoms with E-state index >= 15 is 0 Å². The molecule has 2 saturated heterocycles. The molecule has 3 aliphatic heterocycles. The first-order chi connectivity index (χ1) is 8.58. The number of likely N-dealkylation sites (tertiary alicyclic amines) is 1. The van der Waals surface area contributed by atoms with E-state index in [-0.39, 0.29) is 5.44 Å². The standard InChI is InChI=1S/C11H18N2O4S/c1-5(14)9-8(16)7(15)6-10(17-9)18-11(12-6)13-3-2-4-13/h5-10,14-16H,2-4H2,1H3/t5?,6-,7-,8+,9-,10-/m1/s1. The van der Waals surface area contributed by atoms with Crippen molar-refractivity contribution in [3.05, 3.63) is 0 Å². The monoisotopic (exact) mass is 274 g/mol. The summed E-state index contributed by atoms with van der Waals surface area (Å²) in [5.41, 5.74) is -0.307. The molecule has 3 aliphatic rings. The van der Waals surface area contributed by atoms with E-state index < -0.39 is 30.5 Å². The summed E-state index contributed by atoms with van der Waals surface area (Å²) in [5, 5.41) is 30.4. The number of aliphatic hydroxyl groups excluding tert-OH is 3. The zero-order chi connectivity index (χ0) is 12.9. The third-order valence-electron chi connectivity index (χ3n) is 3.69. The molecule has 0 aromatic rings. The van der Waals surface area contributed by atoms with Gasteiger partial charge in [0.1, 0.15) is 29.8 Å². The molecule has 0 bridgehead atoms. The first-order valence-electron chi connectivity index (χ1n) is 6.27. The Labute approximate surface area is 110 Å². The van der Waals surface area contributed by atoms with E-state index in [1.165, 1.54) is 11.8 Å². The highest BCUT2D eigenvalue weighted by molar-refractivity contribution is 8.14. The van der Waals surface area contributed by atoms with Gasteiger partial charge in [0.2, 0.25) is 0 Å². The van der Waals surface area contributed by atoms with Crippen molar-refractivity contribution >= 4 is 16.9 Å². The second-order valence-corrected chi connectivity index (χ2v) is 6.12. The fourth-order valence-corrected chi connectivity index (χ4v) is 3.70. The van der Waals surface area contributed by atoms with E-state index in [9.17, 15) is 15.3 Å². The Hall–Kier alpha value is -0.340. The average Bonchev–Trinajstić information content (AvgIpc) is 2.64. The Kier molecular flexibility index (Phi) is 3.27. The third-order valence-corrected chi connectivity index (χ3v) is 4.89. The van der Waals surface area contributed by atoms with Gasteiger partial charge in [-0.1, -0.05) is 11.8 Å². The SMILES string of the molecule is CC(O)[C@H]1O[C@@H]2SC(N3CCC3)=N[C@@H]2[C@@H](O)[C@@H]1O. The van der Waals surface area contributed by atoms with Crippen LogP contribution in [0.2, 0.25) is 0 Å². The summed E-state index contributed by atoms with van der Waals surface area (Å²) in [4.78, 5) is 6.59.